The van der Waals surface area contributed by atoms with Gasteiger partial charge in [0.25, 0.3) is 0 Å². The van der Waals surface area contributed by atoms with Crippen molar-refractivity contribution in [1.82, 2.24) is 4.90 Å². The third-order valence-corrected chi connectivity index (χ3v) is 8.94. The number of halogens is 1. The van der Waals surface area contributed by atoms with Gasteiger partial charge in [0.15, 0.2) is 11.6 Å². The molecule has 7 rings (SSSR count). The molecule has 202 valence electrons. The largest absolute Gasteiger partial charge is 0.497 e. The first-order chi connectivity index (χ1) is 20.0. The van der Waals surface area contributed by atoms with Crippen molar-refractivity contribution in [1.29, 1.82) is 0 Å². The number of carbonyl (C=O) groups excluding carboxylic acids is 3. The van der Waals surface area contributed by atoms with Gasteiger partial charge in [-0.1, -0.05) is 78.3 Å². The number of Topliss-reactive ketones (excluding diaryl/α,β-unsaturated/α-hetero) is 2. The standard InChI is InChI=1S/C34H25ClN2O4/c1-41-22-11-8-10-21(19-22)30(38)28-29(31(39)24-13-4-6-15-26(24)35)37-18-17-20-9-2-3-12-23(20)32(37)34(28)25-14-5-7-16-27(25)36-33(34)40/h2-19,28-29,32H,1H3,(H,36,40)/t28-,29-,32-,34-/m1/s1. The van der Waals surface area contributed by atoms with Crippen molar-refractivity contribution in [2.24, 2.45) is 5.92 Å². The number of methoxy groups -OCH3 is 1. The number of rotatable bonds is 5. The van der Waals surface area contributed by atoms with E-state index in [4.69, 9.17) is 16.3 Å². The van der Waals surface area contributed by atoms with Gasteiger partial charge < -0.3 is 15.0 Å². The van der Waals surface area contributed by atoms with Crippen LogP contribution in [0.15, 0.2) is 103 Å². The third-order valence-electron chi connectivity index (χ3n) is 8.62. The summed E-state index contributed by atoms with van der Waals surface area (Å²) >= 11 is 6.56. The lowest BCUT2D eigenvalue weighted by atomic mass is 9.62. The van der Waals surface area contributed by atoms with Gasteiger partial charge in [-0.15, -0.1) is 0 Å². The van der Waals surface area contributed by atoms with Crippen LogP contribution in [0, 0.1) is 5.92 Å². The second-order valence-electron chi connectivity index (χ2n) is 10.5. The molecule has 4 aromatic rings. The summed E-state index contributed by atoms with van der Waals surface area (Å²) in [5.74, 6) is -1.52. The number of amides is 1. The Morgan fingerprint density at radius 2 is 1.66 bits per heavy atom. The molecule has 7 heteroatoms. The molecule has 0 aromatic heterocycles. The summed E-state index contributed by atoms with van der Waals surface area (Å²) in [4.78, 5) is 45.8. The summed E-state index contributed by atoms with van der Waals surface area (Å²) < 4.78 is 5.42. The Morgan fingerprint density at radius 1 is 0.902 bits per heavy atom. The van der Waals surface area contributed by atoms with Crippen molar-refractivity contribution < 1.29 is 19.1 Å². The zero-order valence-electron chi connectivity index (χ0n) is 22.1. The minimum Gasteiger partial charge on any atom is -0.497 e. The molecule has 0 radical (unpaired) electrons. The fraction of sp³-hybridized carbons (Fsp3) is 0.147. The SMILES string of the molecule is COc1cccc(C(=O)[C@H]2[C@H](C(=O)c3ccccc3Cl)N3C=Cc4ccccc4[C@@H]3[C@]23C(=O)Nc2ccccc23)c1. The van der Waals surface area contributed by atoms with E-state index in [0.29, 0.717) is 33.1 Å². The Balaban J connectivity index is 1.55. The molecule has 1 amide bonds. The lowest BCUT2D eigenvalue weighted by Crippen LogP contribution is -2.49. The molecule has 1 N–H and O–H groups in total. The number of hydrogen-bond acceptors (Lipinski definition) is 5. The quantitative estimate of drug-likeness (QED) is 0.289. The first kappa shape index (κ1) is 25.3. The molecule has 0 aliphatic carbocycles. The molecule has 41 heavy (non-hydrogen) atoms. The molecule has 6 nitrogen and oxygen atoms in total. The molecular formula is C34H25ClN2O4. The van der Waals surface area contributed by atoms with E-state index in [2.05, 4.69) is 5.32 Å². The molecule has 3 heterocycles. The van der Waals surface area contributed by atoms with Gasteiger partial charge in [0.05, 0.1) is 24.1 Å². The number of hydrogen-bond donors (Lipinski definition) is 1. The molecule has 4 aromatic carbocycles. The van der Waals surface area contributed by atoms with Crippen molar-refractivity contribution in [3.8, 4) is 5.75 Å². The van der Waals surface area contributed by atoms with Gasteiger partial charge >= 0.3 is 0 Å². The zero-order chi connectivity index (χ0) is 28.3. The topological polar surface area (TPSA) is 75.7 Å². The van der Waals surface area contributed by atoms with Crippen molar-refractivity contribution in [2.75, 3.05) is 12.4 Å². The highest BCUT2D eigenvalue weighted by Crippen LogP contribution is 2.62. The van der Waals surface area contributed by atoms with Crippen LogP contribution in [0.4, 0.5) is 5.69 Å². The molecular weight excluding hydrogens is 536 g/mol. The molecule has 0 unspecified atom stereocenters. The smallest absolute Gasteiger partial charge is 0.238 e. The summed E-state index contributed by atoms with van der Waals surface area (Å²) in [6.07, 6.45) is 3.78. The fourth-order valence-corrected chi connectivity index (χ4v) is 7.17. The molecule has 1 spiro atoms. The molecule has 3 aliphatic rings. The lowest BCUT2D eigenvalue weighted by Gasteiger charge is -2.38. The number of fused-ring (bicyclic) bond motifs is 6. The van der Waals surface area contributed by atoms with Crippen molar-refractivity contribution >= 4 is 40.8 Å². The van der Waals surface area contributed by atoms with Crippen LogP contribution in [0.1, 0.15) is 43.4 Å². The Labute approximate surface area is 242 Å². The number of benzene rings is 4. The first-order valence-corrected chi connectivity index (χ1v) is 13.8. The van der Waals surface area contributed by atoms with Crippen LogP contribution in [0.25, 0.3) is 6.08 Å². The van der Waals surface area contributed by atoms with Gasteiger partial charge in [0.1, 0.15) is 17.2 Å². The lowest BCUT2D eigenvalue weighted by molar-refractivity contribution is -0.122. The van der Waals surface area contributed by atoms with E-state index >= 15 is 0 Å². The molecule has 1 fully saturated rings. The van der Waals surface area contributed by atoms with Gasteiger partial charge in [-0.25, -0.2) is 0 Å². The Hall–Kier alpha value is -4.68. The minimum atomic E-state index is -1.40. The van der Waals surface area contributed by atoms with E-state index in [0.717, 1.165) is 11.1 Å². The van der Waals surface area contributed by atoms with Gasteiger partial charge in [0.2, 0.25) is 5.91 Å². The maximum absolute atomic E-state index is 14.8. The first-order valence-electron chi connectivity index (χ1n) is 13.4. The number of carbonyl (C=O) groups is 3. The number of ketones is 2. The highest BCUT2D eigenvalue weighted by molar-refractivity contribution is 6.34. The summed E-state index contributed by atoms with van der Waals surface area (Å²) in [7, 11) is 1.53. The monoisotopic (exact) mass is 560 g/mol. The number of anilines is 1. The van der Waals surface area contributed by atoms with Gasteiger partial charge in [-0.05, 0) is 53.1 Å². The second kappa shape index (κ2) is 9.46. The summed E-state index contributed by atoms with van der Waals surface area (Å²) in [6.45, 7) is 0. The van der Waals surface area contributed by atoms with Crippen molar-refractivity contribution in [2.45, 2.75) is 17.5 Å². The summed E-state index contributed by atoms with van der Waals surface area (Å²) in [5.41, 5.74) is 2.40. The van der Waals surface area contributed by atoms with Crippen molar-refractivity contribution in [3.05, 3.63) is 136 Å². The normalized spacial score (nSPS) is 23.5. The number of nitrogens with zero attached hydrogens (tertiary/aromatic N) is 1. The van der Waals surface area contributed by atoms with E-state index in [-0.39, 0.29) is 17.5 Å². The van der Waals surface area contributed by atoms with Crippen LogP contribution < -0.4 is 10.1 Å². The Kier molecular flexibility index (Phi) is 5.84. The van der Waals surface area contributed by atoms with Crippen LogP contribution >= 0.6 is 11.6 Å². The van der Waals surface area contributed by atoms with E-state index in [1.54, 1.807) is 48.5 Å². The van der Waals surface area contributed by atoms with Crippen LogP contribution in [0.5, 0.6) is 5.75 Å². The minimum absolute atomic E-state index is 0.292. The van der Waals surface area contributed by atoms with Crippen LogP contribution in [-0.4, -0.2) is 35.5 Å². The van der Waals surface area contributed by atoms with Crippen molar-refractivity contribution in [3.63, 3.8) is 0 Å². The highest BCUT2D eigenvalue weighted by atomic mass is 35.5. The summed E-state index contributed by atoms with van der Waals surface area (Å²) in [5, 5.41) is 3.35. The van der Waals surface area contributed by atoms with Gasteiger partial charge in [-0.3, -0.25) is 14.4 Å². The fourth-order valence-electron chi connectivity index (χ4n) is 6.94. The molecule has 1 saturated heterocycles. The Bertz CT molecular complexity index is 1780. The number of nitrogens with one attached hydrogen (secondary N) is 1. The van der Waals surface area contributed by atoms with E-state index in [1.165, 1.54) is 7.11 Å². The average molecular weight is 561 g/mol. The highest BCUT2D eigenvalue weighted by Gasteiger charge is 2.70. The van der Waals surface area contributed by atoms with Crippen LogP contribution in [0.3, 0.4) is 0 Å². The average Bonchev–Trinajstić information content (AvgIpc) is 3.49. The van der Waals surface area contributed by atoms with Crippen LogP contribution in [-0.2, 0) is 10.2 Å². The van der Waals surface area contributed by atoms with E-state index < -0.39 is 23.4 Å². The van der Waals surface area contributed by atoms with Crippen LogP contribution in [0.2, 0.25) is 5.02 Å². The van der Waals surface area contributed by atoms with E-state index in [1.807, 2.05) is 65.7 Å². The van der Waals surface area contributed by atoms with Gasteiger partial charge in [0, 0.05) is 23.0 Å². The molecule has 0 saturated carbocycles. The predicted octanol–water partition coefficient (Wildman–Crippen LogP) is 6.33. The third kappa shape index (κ3) is 3.54. The second-order valence-corrected chi connectivity index (χ2v) is 10.9. The summed E-state index contributed by atoms with van der Waals surface area (Å²) in [6, 6.07) is 27.3. The van der Waals surface area contributed by atoms with Gasteiger partial charge in [-0.2, -0.15) is 0 Å². The zero-order valence-corrected chi connectivity index (χ0v) is 22.8. The Morgan fingerprint density at radius 3 is 2.49 bits per heavy atom. The molecule has 3 aliphatic heterocycles. The molecule has 0 bridgehead atoms. The maximum Gasteiger partial charge on any atom is 0.238 e. The predicted molar refractivity (Wildman–Crippen MR) is 157 cm³/mol. The number of para-hydroxylation sites is 1. The molecule has 4 atom stereocenters. The van der Waals surface area contributed by atoms with E-state index in [9.17, 15) is 14.4 Å². The number of ether oxygens (including phenoxy) is 1. The maximum atomic E-state index is 14.8.